The molecule has 0 N–H and O–H groups in total. The van der Waals surface area contributed by atoms with Crippen LogP contribution in [0, 0.1) is 5.92 Å². The van der Waals surface area contributed by atoms with Gasteiger partial charge in [-0.05, 0) is 75.5 Å². The third-order valence-corrected chi connectivity index (χ3v) is 6.31. The first-order valence-electron chi connectivity index (χ1n) is 10.1. The van der Waals surface area contributed by atoms with Crippen molar-refractivity contribution in [2.24, 2.45) is 5.92 Å². The van der Waals surface area contributed by atoms with Crippen molar-refractivity contribution >= 4 is 11.1 Å². The molecule has 0 bridgehead atoms. The van der Waals surface area contributed by atoms with Crippen molar-refractivity contribution in [3.63, 3.8) is 0 Å². The van der Waals surface area contributed by atoms with Crippen molar-refractivity contribution in [2.75, 3.05) is 20.7 Å². The predicted octanol–water partition coefficient (Wildman–Crippen LogP) is 4.76. The van der Waals surface area contributed by atoms with Crippen molar-refractivity contribution in [2.45, 2.75) is 37.8 Å². The van der Waals surface area contributed by atoms with Gasteiger partial charge in [0.25, 0.3) is 0 Å². The van der Waals surface area contributed by atoms with Gasteiger partial charge in [0.05, 0.1) is 13.2 Å². The van der Waals surface area contributed by atoms with Crippen LogP contribution in [0.3, 0.4) is 0 Å². The molecular weight excluding hydrogens is 352 g/mol. The van der Waals surface area contributed by atoms with E-state index in [2.05, 4.69) is 16.9 Å². The van der Waals surface area contributed by atoms with E-state index >= 15 is 0 Å². The van der Waals surface area contributed by atoms with E-state index < -0.39 is 0 Å². The summed E-state index contributed by atoms with van der Waals surface area (Å²) in [7, 11) is 3.93. The molecule has 1 aromatic heterocycles. The first-order chi connectivity index (χ1) is 13.7. The van der Waals surface area contributed by atoms with Gasteiger partial charge in [-0.1, -0.05) is 12.1 Å². The number of fused-ring (bicyclic) bond motifs is 2. The number of methoxy groups -OCH3 is 1. The fourth-order valence-corrected chi connectivity index (χ4v) is 4.81. The second-order valence-corrected chi connectivity index (χ2v) is 8.00. The van der Waals surface area contributed by atoms with Gasteiger partial charge < -0.3 is 18.8 Å². The van der Waals surface area contributed by atoms with Crippen LogP contribution in [0.4, 0.5) is 0 Å². The topological polar surface area (TPSA) is 47.7 Å². The Morgan fingerprint density at radius 3 is 2.82 bits per heavy atom. The van der Waals surface area contributed by atoms with Gasteiger partial charge in [0.15, 0.2) is 17.1 Å². The number of rotatable bonds is 4. The maximum absolute atomic E-state index is 6.38. The summed E-state index contributed by atoms with van der Waals surface area (Å²) in [6.07, 6.45) is 4.99. The Balaban J connectivity index is 1.36. The number of benzene rings is 2. The lowest BCUT2D eigenvalue weighted by molar-refractivity contribution is 0.0911. The van der Waals surface area contributed by atoms with E-state index in [1.54, 1.807) is 7.11 Å². The number of hydrogen-bond donors (Lipinski definition) is 0. The summed E-state index contributed by atoms with van der Waals surface area (Å²) in [4.78, 5) is 7.09. The summed E-state index contributed by atoms with van der Waals surface area (Å²) in [6.45, 7) is 1.21. The van der Waals surface area contributed by atoms with E-state index in [-0.39, 0.29) is 6.10 Å². The highest BCUT2D eigenvalue weighted by atomic mass is 16.5. The molecule has 2 aromatic carbocycles. The van der Waals surface area contributed by atoms with Crippen LogP contribution in [0.1, 0.15) is 25.7 Å². The number of para-hydroxylation sites is 2. The molecule has 1 saturated heterocycles. The van der Waals surface area contributed by atoms with E-state index in [1.165, 1.54) is 19.4 Å². The third kappa shape index (κ3) is 3.14. The Morgan fingerprint density at radius 1 is 1.07 bits per heavy atom. The maximum Gasteiger partial charge on any atom is 0.227 e. The molecule has 5 nitrogen and oxygen atoms in total. The van der Waals surface area contributed by atoms with Crippen LogP contribution in [0.25, 0.3) is 22.6 Å². The molecule has 3 aromatic rings. The number of aromatic nitrogens is 1. The SMILES string of the molecule is COc1cc(-c2nc3ccccc3o2)ccc1OC1CCC2C(CCN2C)C1. The van der Waals surface area contributed by atoms with E-state index in [0.717, 1.165) is 53.0 Å². The van der Waals surface area contributed by atoms with Crippen molar-refractivity contribution in [1.29, 1.82) is 0 Å². The van der Waals surface area contributed by atoms with Gasteiger partial charge in [-0.15, -0.1) is 0 Å². The first-order valence-corrected chi connectivity index (χ1v) is 10.1. The molecule has 5 rings (SSSR count). The molecule has 0 spiro atoms. The summed E-state index contributed by atoms with van der Waals surface area (Å²) < 4.78 is 17.9. The summed E-state index contributed by atoms with van der Waals surface area (Å²) in [6, 6.07) is 14.5. The number of oxazole rings is 1. The largest absolute Gasteiger partial charge is 0.493 e. The minimum Gasteiger partial charge on any atom is -0.493 e. The number of nitrogens with zero attached hydrogens (tertiary/aromatic N) is 2. The van der Waals surface area contributed by atoms with Crippen LogP contribution in [-0.2, 0) is 0 Å². The monoisotopic (exact) mass is 378 g/mol. The smallest absolute Gasteiger partial charge is 0.227 e. The maximum atomic E-state index is 6.38. The quantitative estimate of drug-likeness (QED) is 0.655. The van der Waals surface area contributed by atoms with Gasteiger partial charge >= 0.3 is 0 Å². The lowest BCUT2D eigenvalue weighted by Gasteiger charge is -2.34. The van der Waals surface area contributed by atoms with Crippen molar-refractivity contribution in [3.05, 3.63) is 42.5 Å². The van der Waals surface area contributed by atoms with E-state index in [1.807, 2.05) is 42.5 Å². The fraction of sp³-hybridized carbons (Fsp3) is 0.435. The zero-order chi connectivity index (χ0) is 19.1. The minimum absolute atomic E-state index is 0.261. The summed E-state index contributed by atoms with van der Waals surface area (Å²) in [5, 5.41) is 0. The molecule has 3 unspecified atom stereocenters. The Bertz CT molecular complexity index is 950. The van der Waals surface area contributed by atoms with Gasteiger partial charge in [-0.3, -0.25) is 0 Å². The van der Waals surface area contributed by atoms with E-state index in [0.29, 0.717) is 5.89 Å². The zero-order valence-electron chi connectivity index (χ0n) is 16.4. The summed E-state index contributed by atoms with van der Waals surface area (Å²) in [5.41, 5.74) is 2.53. The van der Waals surface area contributed by atoms with Gasteiger partial charge in [0, 0.05) is 11.6 Å². The molecule has 5 heteroatoms. The number of ether oxygens (including phenoxy) is 2. The Labute approximate surface area is 165 Å². The van der Waals surface area contributed by atoms with Crippen molar-refractivity contribution in [3.8, 4) is 23.0 Å². The lowest BCUT2D eigenvalue weighted by atomic mass is 9.83. The third-order valence-electron chi connectivity index (χ3n) is 6.31. The van der Waals surface area contributed by atoms with Crippen molar-refractivity contribution in [1.82, 2.24) is 9.88 Å². The molecule has 1 aliphatic heterocycles. The zero-order valence-corrected chi connectivity index (χ0v) is 16.4. The first kappa shape index (κ1) is 17.6. The fourth-order valence-electron chi connectivity index (χ4n) is 4.81. The van der Waals surface area contributed by atoms with Crippen LogP contribution >= 0.6 is 0 Å². The minimum atomic E-state index is 0.261. The molecule has 1 aliphatic carbocycles. The highest BCUT2D eigenvalue weighted by Gasteiger charge is 2.38. The second kappa shape index (κ2) is 7.13. The van der Waals surface area contributed by atoms with Crippen LogP contribution < -0.4 is 9.47 Å². The van der Waals surface area contributed by atoms with Crippen LogP contribution in [0.15, 0.2) is 46.9 Å². The number of hydrogen-bond acceptors (Lipinski definition) is 5. The van der Waals surface area contributed by atoms with E-state index in [4.69, 9.17) is 13.9 Å². The summed E-state index contributed by atoms with van der Waals surface area (Å²) in [5.74, 6) is 2.89. The predicted molar refractivity (Wildman–Crippen MR) is 109 cm³/mol. The number of likely N-dealkylation sites (tertiary alicyclic amines) is 1. The molecular formula is C23H26N2O3. The average Bonchev–Trinajstić information content (AvgIpc) is 3.32. The van der Waals surface area contributed by atoms with Gasteiger partial charge in [0.1, 0.15) is 5.52 Å². The Kier molecular flexibility index (Phi) is 4.47. The van der Waals surface area contributed by atoms with Gasteiger partial charge in [-0.2, -0.15) is 0 Å². The van der Waals surface area contributed by atoms with Crippen molar-refractivity contribution < 1.29 is 13.9 Å². The lowest BCUT2D eigenvalue weighted by Crippen LogP contribution is -2.37. The van der Waals surface area contributed by atoms with Crippen LogP contribution in [0.5, 0.6) is 11.5 Å². The van der Waals surface area contributed by atoms with Crippen LogP contribution in [0.2, 0.25) is 0 Å². The molecule has 0 amide bonds. The molecule has 3 atom stereocenters. The van der Waals surface area contributed by atoms with Gasteiger partial charge in [-0.25, -0.2) is 4.98 Å². The molecule has 2 heterocycles. The molecule has 2 aliphatic rings. The normalized spacial score (nSPS) is 25.0. The van der Waals surface area contributed by atoms with Gasteiger partial charge in [0.2, 0.25) is 5.89 Å². The molecule has 2 fully saturated rings. The molecule has 28 heavy (non-hydrogen) atoms. The highest BCUT2D eigenvalue weighted by Crippen LogP contribution is 2.39. The molecule has 0 radical (unpaired) electrons. The standard InChI is InChI=1S/C23H26N2O3/c1-25-12-11-15-13-17(8-9-19(15)25)27-21-10-7-16(14-22(21)26-2)23-24-18-5-3-4-6-20(18)28-23/h3-7,10,14-15,17,19H,8-9,11-13H2,1-2H3. The Hall–Kier alpha value is -2.53. The average molecular weight is 378 g/mol. The molecule has 146 valence electrons. The second-order valence-electron chi connectivity index (χ2n) is 8.00. The molecule has 1 saturated carbocycles. The van der Waals surface area contributed by atoms with E-state index in [9.17, 15) is 0 Å². The van der Waals surface area contributed by atoms with Crippen LogP contribution in [-0.4, -0.2) is 42.7 Å². The highest BCUT2D eigenvalue weighted by molar-refractivity contribution is 5.76. The Morgan fingerprint density at radius 2 is 1.96 bits per heavy atom. The summed E-state index contributed by atoms with van der Waals surface area (Å²) >= 11 is 0.